The minimum atomic E-state index is -0.610. The van der Waals surface area contributed by atoms with Crippen LogP contribution in [0.5, 0.6) is 0 Å². The second-order valence-corrected chi connectivity index (χ2v) is 7.30. The van der Waals surface area contributed by atoms with E-state index < -0.39 is 5.54 Å². The molecule has 28 heavy (non-hydrogen) atoms. The summed E-state index contributed by atoms with van der Waals surface area (Å²) in [7, 11) is 0. The van der Waals surface area contributed by atoms with Crippen LogP contribution in [0, 0.1) is 0 Å². The van der Waals surface area contributed by atoms with Gasteiger partial charge in [-0.1, -0.05) is 48.5 Å². The quantitative estimate of drug-likeness (QED) is 0.714. The molecule has 0 bridgehead atoms. The third-order valence-electron chi connectivity index (χ3n) is 5.74. The van der Waals surface area contributed by atoms with Gasteiger partial charge in [-0.2, -0.15) is 5.10 Å². The number of carbonyl (C=O) groups excluding carboxylic acids is 2. The Balaban J connectivity index is 1.45. The molecule has 1 aromatic heterocycles. The first-order valence-corrected chi connectivity index (χ1v) is 9.38. The van der Waals surface area contributed by atoms with Crippen molar-refractivity contribution in [2.24, 2.45) is 0 Å². The molecule has 2 amide bonds. The monoisotopic (exact) mass is 376 g/mol. The maximum atomic E-state index is 13.2. The summed E-state index contributed by atoms with van der Waals surface area (Å²) >= 11 is 0. The SMILES string of the molecule is O=C1CO[C@@H]2CN(C(=O)c3n[nH]c4ccccc34)CC[C@@]2(c2ccccc2)N1. The van der Waals surface area contributed by atoms with Gasteiger partial charge in [-0.25, -0.2) is 0 Å². The Morgan fingerprint density at radius 1 is 1.14 bits per heavy atom. The number of carbonyl (C=O) groups is 2. The van der Waals surface area contributed by atoms with E-state index in [0.29, 0.717) is 25.2 Å². The minimum absolute atomic E-state index is 0.00656. The first kappa shape index (κ1) is 16.9. The number of para-hydroxylation sites is 1. The number of aromatic nitrogens is 2. The third-order valence-corrected chi connectivity index (χ3v) is 5.74. The predicted molar refractivity (Wildman–Crippen MR) is 103 cm³/mol. The van der Waals surface area contributed by atoms with Crippen LogP contribution < -0.4 is 5.32 Å². The van der Waals surface area contributed by atoms with Crippen LogP contribution in [0.25, 0.3) is 10.9 Å². The summed E-state index contributed by atoms with van der Waals surface area (Å²) in [5.74, 6) is -0.252. The lowest BCUT2D eigenvalue weighted by atomic mass is 9.77. The van der Waals surface area contributed by atoms with Crippen molar-refractivity contribution >= 4 is 22.7 Å². The summed E-state index contributed by atoms with van der Waals surface area (Å²) in [5, 5.41) is 11.1. The highest BCUT2D eigenvalue weighted by molar-refractivity contribution is 6.04. The summed E-state index contributed by atoms with van der Waals surface area (Å²) in [6.45, 7) is 0.914. The highest BCUT2D eigenvalue weighted by atomic mass is 16.5. The van der Waals surface area contributed by atoms with Gasteiger partial charge in [-0.15, -0.1) is 0 Å². The fourth-order valence-electron chi connectivity index (χ4n) is 4.32. The van der Waals surface area contributed by atoms with Crippen molar-refractivity contribution < 1.29 is 14.3 Å². The normalized spacial score (nSPS) is 24.6. The maximum absolute atomic E-state index is 13.2. The van der Waals surface area contributed by atoms with Crippen LogP contribution in [0.4, 0.5) is 0 Å². The van der Waals surface area contributed by atoms with Crippen molar-refractivity contribution in [3.63, 3.8) is 0 Å². The number of nitrogens with one attached hydrogen (secondary N) is 2. The van der Waals surface area contributed by atoms with E-state index in [0.717, 1.165) is 16.5 Å². The number of ether oxygens (including phenoxy) is 1. The van der Waals surface area contributed by atoms with Gasteiger partial charge in [0.1, 0.15) is 12.7 Å². The summed E-state index contributed by atoms with van der Waals surface area (Å²) in [4.78, 5) is 27.0. The van der Waals surface area contributed by atoms with Crippen molar-refractivity contribution in [3.8, 4) is 0 Å². The molecule has 2 saturated heterocycles. The molecule has 2 fully saturated rings. The van der Waals surface area contributed by atoms with Gasteiger partial charge in [0.15, 0.2) is 5.69 Å². The van der Waals surface area contributed by atoms with Gasteiger partial charge in [-0.05, 0) is 18.1 Å². The molecule has 2 aliphatic rings. The zero-order valence-corrected chi connectivity index (χ0v) is 15.2. The number of aromatic amines is 1. The van der Waals surface area contributed by atoms with Gasteiger partial charge in [0.05, 0.1) is 11.1 Å². The molecule has 2 atom stereocenters. The molecule has 7 heteroatoms. The van der Waals surface area contributed by atoms with E-state index in [1.165, 1.54) is 0 Å². The van der Waals surface area contributed by atoms with E-state index in [1.807, 2.05) is 54.6 Å². The number of likely N-dealkylation sites (tertiary alicyclic amines) is 1. The molecule has 7 nitrogen and oxygen atoms in total. The van der Waals surface area contributed by atoms with Crippen molar-refractivity contribution in [1.29, 1.82) is 0 Å². The third kappa shape index (κ3) is 2.58. The lowest BCUT2D eigenvalue weighted by molar-refractivity contribution is -0.150. The molecule has 0 unspecified atom stereocenters. The topological polar surface area (TPSA) is 87.3 Å². The molecule has 0 spiro atoms. The number of fused-ring (bicyclic) bond motifs is 2. The average molecular weight is 376 g/mol. The second-order valence-electron chi connectivity index (χ2n) is 7.30. The molecule has 142 valence electrons. The van der Waals surface area contributed by atoms with E-state index in [1.54, 1.807) is 4.90 Å². The van der Waals surface area contributed by atoms with Crippen molar-refractivity contribution in [2.45, 2.75) is 18.1 Å². The molecule has 0 saturated carbocycles. The zero-order valence-electron chi connectivity index (χ0n) is 15.2. The summed E-state index contributed by atoms with van der Waals surface area (Å²) in [6.07, 6.45) is 0.275. The minimum Gasteiger partial charge on any atom is -0.364 e. The molecule has 3 heterocycles. The van der Waals surface area contributed by atoms with Gasteiger partial charge in [0, 0.05) is 18.5 Å². The second kappa shape index (κ2) is 6.45. The number of piperidine rings is 1. The standard InChI is InChI=1S/C21H20N4O3/c26-18-13-28-17-12-25(11-10-21(17,22-18)14-6-2-1-3-7-14)20(27)19-15-8-4-5-9-16(15)23-24-19/h1-9,17H,10-13H2,(H,22,26)(H,23,24)/t17-,21+/m1/s1. The molecule has 0 aliphatic carbocycles. The van der Waals surface area contributed by atoms with Crippen LogP contribution in [0.15, 0.2) is 54.6 Å². The van der Waals surface area contributed by atoms with Crippen LogP contribution in [0.2, 0.25) is 0 Å². The van der Waals surface area contributed by atoms with E-state index in [-0.39, 0.29) is 24.5 Å². The highest BCUT2D eigenvalue weighted by Gasteiger charge is 2.50. The Morgan fingerprint density at radius 2 is 1.93 bits per heavy atom. The molecule has 2 aliphatic heterocycles. The van der Waals surface area contributed by atoms with Gasteiger partial charge in [0.2, 0.25) is 5.91 Å². The van der Waals surface area contributed by atoms with E-state index in [4.69, 9.17) is 4.74 Å². The van der Waals surface area contributed by atoms with Gasteiger partial charge in [-0.3, -0.25) is 14.7 Å². The Kier molecular flexibility index (Phi) is 3.91. The van der Waals surface area contributed by atoms with E-state index in [2.05, 4.69) is 15.5 Å². The van der Waals surface area contributed by atoms with Gasteiger partial charge >= 0.3 is 0 Å². The number of benzene rings is 2. The van der Waals surface area contributed by atoms with Gasteiger partial charge in [0.25, 0.3) is 5.91 Å². The average Bonchev–Trinajstić information content (AvgIpc) is 3.17. The Morgan fingerprint density at radius 3 is 2.79 bits per heavy atom. The molecule has 0 radical (unpaired) electrons. The van der Waals surface area contributed by atoms with Crippen LogP contribution in [-0.2, 0) is 15.1 Å². The van der Waals surface area contributed by atoms with Crippen molar-refractivity contribution in [3.05, 3.63) is 65.9 Å². The smallest absolute Gasteiger partial charge is 0.275 e. The van der Waals surface area contributed by atoms with Crippen molar-refractivity contribution in [1.82, 2.24) is 20.4 Å². The first-order valence-electron chi connectivity index (χ1n) is 9.38. The Bertz CT molecular complexity index is 1050. The van der Waals surface area contributed by atoms with Crippen LogP contribution in [0.3, 0.4) is 0 Å². The highest BCUT2D eigenvalue weighted by Crippen LogP contribution is 2.37. The van der Waals surface area contributed by atoms with Gasteiger partial charge < -0.3 is 15.0 Å². The Hall–Kier alpha value is -3.19. The summed E-state index contributed by atoms with van der Waals surface area (Å²) < 4.78 is 5.90. The van der Waals surface area contributed by atoms with E-state index in [9.17, 15) is 9.59 Å². The number of hydrogen-bond acceptors (Lipinski definition) is 4. The molecule has 2 N–H and O–H groups in total. The lowest BCUT2D eigenvalue weighted by Crippen LogP contribution is -2.67. The number of H-pyrrole nitrogens is 1. The number of morpholine rings is 1. The first-order chi connectivity index (χ1) is 13.7. The predicted octanol–water partition coefficient (Wildman–Crippen LogP) is 1.82. The summed E-state index contributed by atoms with van der Waals surface area (Å²) in [6, 6.07) is 17.4. The number of nitrogens with zero attached hydrogens (tertiary/aromatic N) is 2. The molecular formula is C21H20N4O3. The summed E-state index contributed by atoms with van der Waals surface area (Å²) in [5.41, 5.74) is 1.65. The number of hydrogen-bond donors (Lipinski definition) is 2. The lowest BCUT2D eigenvalue weighted by Gasteiger charge is -2.50. The molecule has 2 aromatic carbocycles. The molecule has 5 rings (SSSR count). The zero-order chi connectivity index (χ0) is 19.1. The fourth-order valence-corrected chi connectivity index (χ4v) is 4.32. The molecular weight excluding hydrogens is 356 g/mol. The largest absolute Gasteiger partial charge is 0.364 e. The van der Waals surface area contributed by atoms with Crippen LogP contribution >= 0.6 is 0 Å². The number of amides is 2. The maximum Gasteiger partial charge on any atom is 0.275 e. The van der Waals surface area contributed by atoms with Crippen LogP contribution in [0.1, 0.15) is 22.5 Å². The van der Waals surface area contributed by atoms with Crippen LogP contribution in [-0.4, -0.2) is 52.7 Å². The van der Waals surface area contributed by atoms with E-state index >= 15 is 0 Å². The fraction of sp³-hybridized carbons (Fsp3) is 0.286. The number of rotatable bonds is 2. The van der Waals surface area contributed by atoms with Crippen molar-refractivity contribution in [2.75, 3.05) is 19.7 Å². The Labute approximate surface area is 161 Å². The molecule has 3 aromatic rings.